The van der Waals surface area contributed by atoms with Crippen molar-refractivity contribution >= 4 is 5.97 Å². The van der Waals surface area contributed by atoms with Crippen LogP contribution in [0.1, 0.15) is 41.6 Å². The molecule has 0 radical (unpaired) electrons. The van der Waals surface area contributed by atoms with E-state index in [1.807, 2.05) is 12.1 Å². The van der Waals surface area contributed by atoms with Crippen LogP contribution in [-0.2, 0) is 11.2 Å². The van der Waals surface area contributed by atoms with E-state index >= 15 is 0 Å². The Morgan fingerprint density at radius 3 is 2.94 bits per heavy atom. The average molecular weight is 421 g/mol. The van der Waals surface area contributed by atoms with Gasteiger partial charge in [0.25, 0.3) is 0 Å². The summed E-state index contributed by atoms with van der Waals surface area (Å²) in [5, 5.41) is 9.05. The van der Waals surface area contributed by atoms with E-state index in [-0.39, 0.29) is 18.2 Å². The van der Waals surface area contributed by atoms with E-state index < -0.39 is 12.1 Å². The van der Waals surface area contributed by atoms with E-state index in [0.717, 1.165) is 11.1 Å². The Hall–Kier alpha value is -3.61. The van der Waals surface area contributed by atoms with Gasteiger partial charge >= 0.3 is 5.97 Å². The van der Waals surface area contributed by atoms with Crippen LogP contribution in [0.4, 0.5) is 4.39 Å². The van der Waals surface area contributed by atoms with E-state index in [4.69, 9.17) is 19.3 Å². The van der Waals surface area contributed by atoms with Crippen molar-refractivity contribution in [2.24, 2.45) is 0 Å². The van der Waals surface area contributed by atoms with Crippen LogP contribution in [-0.4, -0.2) is 22.7 Å². The summed E-state index contributed by atoms with van der Waals surface area (Å²) in [6.07, 6.45) is 2.46. The summed E-state index contributed by atoms with van der Waals surface area (Å²) in [4.78, 5) is 15.2. The van der Waals surface area contributed by atoms with Gasteiger partial charge in [-0.05, 0) is 37.1 Å². The molecule has 0 spiro atoms. The van der Waals surface area contributed by atoms with Crippen molar-refractivity contribution in [3.05, 3.63) is 77.2 Å². The van der Waals surface area contributed by atoms with Gasteiger partial charge in [-0.25, -0.2) is 9.37 Å². The van der Waals surface area contributed by atoms with Crippen LogP contribution in [0.5, 0.6) is 23.1 Å². The van der Waals surface area contributed by atoms with E-state index in [0.29, 0.717) is 48.1 Å². The molecule has 1 aliphatic heterocycles. The summed E-state index contributed by atoms with van der Waals surface area (Å²) in [5.74, 6) is 0.853. The van der Waals surface area contributed by atoms with Crippen molar-refractivity contribution in [3.63, 3.8) is 0 Å². The molecule has 158 valence electrons. The van der Waals surface area contributed by atoms with Gasteiger partial charge in [0.15, 0.2) is 0 Å². The molecular weight excluding hydrogens is 401 g/mol. The molecule has 1 aliphatic carbocycles. The van der Waals surface area contributed by atoms with Gasteiger partial charge in [-0.2, -0.15) is 0 Å². The van der Waals surface area contributed by atoms with Crippen LogP contribution in [0.2, 0.25) is 0 Å². The van der Waals surface area contributed by atoms with Crippen LogP contribution in [0.25, 0.3) is 0 Å². The summed E-state index contributed by atoms with van der Waals surface area (Å²) in [7, 11) is 0. The Kier molecular flexibility index (Phi) is 4.94. The maximum atomic E-state index is 14.7. The van der Waals surface area contributed by atoms with Crippen LogP contribution >= 0.6 is 0 Å². The number of rotatable bonds is 6. The highest BCUT2D eigenvalue weighted by Gasteiger charge is 2.32. The minimum atomic E-state index is -0.858. The number of carbonyl (C=O) groups is 1. The number of carboxylic acids is 1. The van der Waals surface area contributed by atoms with Crippen molar-refractivity contribution in [3.8, 4) is 23.1 Å². The molecule has 0 saturated carbocycles. The SMILES string of the molecule is O=C(O)CC1COc2cc(O[C@@H]3CCc4c(Oc5ccccn5)ccc(F)c43)ccc21. The molecule has 0 amide bonds. The molecular formula is C24H20FNO5. The second-order valence-electron chi connectivity index (χ2n) is 7.66. The summed E-state index contributed by atoms with van der Waals surface area (Å²) < 4.78 is 32.4. The third-order valence-electron chi connectivity index (χ3n) is 5.66. The lowest BCUT2D eigenvalue weighted by molar-refractivity contribution is -0.137. The summed E-state index contributed by atoms with van der Waals surface area (Å²) >= 11 is 0. The number of aromatic nitrogens is 1. The van der Waals surface area contributed by atoms with Gasteiger partial charge in [-0.15, -0.1) is 0 Å². The molecule has 2 aliphatic rings. The average Bonchev–Trinajstić information content (AvgIpc) is 3.36. The highest BCUT2D eigenvalue weighted by molar-refractivity contribution is 5.68. The highest BCUT2D eigenvalue weighted by Crippen LogP contribution is 2.44. The summed E-state index contributed by atoms with van der Waals surface area (Å²) in [6.45, 7) is 0.334. The zero-order valence-electron chi connectivity index (χ0n) is 16.6. The van der Waals surface area contributed by atoms with E-state index in [1.165, 1.54) is 6.07 Å². The monoisotopic (exact) mass is 421 g/mol. The topological polar surface area (TPSA) is 77.9 Å². The van der Waals surface area contributed by atoms with E-state index in [1.54, 1.807) is 36.5 Å². The zero-order valence-corrected chi connectivity index (χ0v) is 16.6. The maximum Gasteiger partial charge on any atom is 0.304 e. The molecule has 1 aromatic heterocycles. The first-order valence-corrected chi connectivity index (χ1v) is 10.1. The predicted molar refractivity (Wildman–Crippen MR) is 109 cm³/mol. The Morgan fingerprint density at radius 1 is 1.23 bits per heavy atom. The molecule has 2 heterocycles. The molecule has 1 N–H and O–H groups in total. The van der Waals surface area contributed by atoms with Crippen molar-refractivity contribution < 1.29 is 28.5 Å². The first-order valence-electron chi connectivity index (χ1n) is 10.1. The molecule has 6 nitrogen and oxygen atoms in total. The molecule has 7 heteroatoms. The molecule has 3 aromatic rings. The lowest BCUT2D eigenvalue weighted by Crippen LogP contribution is -2.07. The van der Waals surface area contributed by atoms with E-state index in [9.17, 15) is 9.18 Å². The van der Waals surface area contributed by atoms with E-state index in [2.05, 4.69) is 4.98 Å². The fraction of sp³-hybridized carbons (Fsp3) is 0.250. The van der Waals surface area contributed by atoms with Gasteiger partial charge < -0.3 is 19.3 Å². The molecule has 1 unspecified atom stereocenters. The van der Waals surface area contributed by atoms with Gasteiger partial charge in [0, 0.05) is 40.9 Å². The van der Waals surface area contributed by atoms with Crippen molar-refractivity contribution in [2.45, 2.75) is 31.3 Å². The number of ether oxygens (including phenoxy) is 3. The van der Waals surface area contributed by atoms with Crippen molar-refractivity contribution in [2.75, 3.05) is 6.61 Å². The van der Waals surface area contributed by atoms with Crippen LogP contribution in [0.15, 0.2) is 54.7 Å². The third kappa shape index (κ3) is 3.79. The Morgan fingerprint density at radius 2 is 2.13 bits per heavy atom. The minimum absolute atomic E-state index is 0.0213. The molecule has 2 atom stereocenters. The minimum Gasteiger partial charge on any atom is -0.492 e. The molecule has 31 heavy (non-hydrogen) atoms. The van der Waals surface area contributed by atoms with Gasteiger partial charge in [0.05, 0.1) is 13.0 Å². The molecule has 0 saturated heterocycles. The molecule has 5 rings (SSSR count). The first-order chi connectivity index (χ1) is 15.1. The van der Waals surface area contributed by atoms with Gasteiger partial charge in [-0.1, -0.05) is 12.1 Å². The Bertz CT molecular complexity index is 1130. The molecule has 0 bridgehead atoms. The number of nitrogens with zero attached hydrogens (tertiary/aromatic N) is 1. The lowest BCUT2D eigenvalue weighted by atomic mass is 9.98. The fourth-order valence-electron chi connectivity index (χ4n) is 4.25. The first kappa shape index (κ1) is 19.4. The van der Waals surface area contributed by atoms with Crippen molar-refractivity contribution in [1.29, 1.82) is 0 Å². The second-order valence-corrected chi connectivity index (χ2v) is 7.66. The highest BCUT2D eigenvalue weighted by atomic mass is 19.1. The molecule has 0 fully saturated rings. The lowest BCUT2D eigenvalue weighted by Gasteiger charge is -2.17. The van der Waals surface area contributed by atoms with Crippen molar-refractivity contribution in [1.82, 2.24) is 4.98 Å². The van der Waals surface area contributed by atoms with Gasteiger partial charge in [0.1, 0.15) is 29.2 Å². The summed E-state index contributed by atoms with van der Waals surface area (Å²) in [5.41, 5.74) is 2.15. The Balaban J connectivity index is 1.37. The number of hydrogen-bond donors (Lipinski definition) is 1. The fourth-order valence-corrected chi connectivity index (χ4v) is 4.25. The maximum absolute atomic E-state index is 14.7. The number of halogens is 1. The van der Waals surface area contributed by atoms with Crippen LogP contribution < -0.4 is 14.2 Å². The quantitative estimate of drug-likeness (QED) is 0.602. The van der Waals surface area contributed by atoms with Crippen LogP contribution in [0, 0.1) is 5.82 Å². The van der Waals surface area contributed by atoms with Gasteiger partial charge in [0.2, 0.25) is 5.88 Å². The second kappa shape index (κ2) is 7.91. The third-order valence-corrected chi connectivity index (χ3v) is 5.66. The number of benzene rings is 2. The predicted octanol–water partition coefficient (Wildman–Crippen LogP) is 5.03. The Labute approximate surface area is 178 Å². The van der Waals surface area contributed by atoms with Gasteiger partial charge in [-0.3, -0.25) is 4.79 Å². The van der Waals surface area contributed by atoms with Crippen LogP contribution in [0.3, 0.4) is 0 Å². The number of carboxylic acid groups (broad SMARTS) is 1. The standard InChI is InChI=1S/C24H20FNO5/c25-18-7-9-19(31-22-3-1-2-10-26-22)17-6-8-20(24(17)18)30-15-4-5-16-14(11-23(27)28)13-29-21(16)12-15/h1-5,7,9-10,12,14,20H,6,8,11,13H2,(H,27,28)/t14?,20-/m1/s1. The number of fused-ring (bicyclic) bond motifs is 2. The number of aliphatic carboxylic acids is 1. The zero-order chi connectivity index (χ0) is 21.4. The largest absolute Gasteiger partial charge is 0.492 e. The normalized spacial score (nSPS) is 18.7. The number of hydrogen-bond acceptors (Lipinski definition) is 5. The smallest absolute Gasteiger partial charge is 0.304 e. The number of pyridine rings is 1. The molecule has 2 aromatic carbocycles. The summed E-state index contributed by atoms with van der Waals surface area (Å²) in [6, 6.07) is 13.8.